The van der Waals surface area contributed by atoms with E-state index in [2.05, 4.69) is 26.8 Å². The van der Waals surface area contributed by atoms with Crippen LogP contribution >= 0.6 is 0 Å². The molecule has 0 aromatic heterocycles. The van der Waals surface area contributed by atoms with Gasteiger partial charge in [-0.3, -0.25) is 0 Å². The van der Waals surface area contributed by atoms with Crippen LogP contribution < -0.4 is 0 Å². The van der Waals surface area contributed by atoms with Gasteiger partial charge in [-0.2, -0.15) is 0 Å². The summed E-state index contributed by atoms with van der Waals surface area (Å²) in [6.07, 6.45) is 0. The minimum absolute atomic E-state index is 1.24. The Kier molecular flexibility index (Phi) is 1.68. The molecule has 0 aliphatic carbocycles. The van der Waals surface area contributed by atoms with E-state index in [0.717, 1.165) is 0 Å². The van der Waals surface area contributed by atoms with Gasteiger partial charge < -0.3 is 0 Å². The maximum absolute atomic E-state index is 4.83. The fourth-order valence-electron chi connectivity index (χ4n) is 0. The first-order valence-electron chi connectivity index (χ1n) is 1.99. The second-order valence-corrected chi connectivity index (χ2v) is 6.77. The Morgan fingerprint density at radius 3 is 1.50 bits per heavy atom. The van der Waals surface area contributed by atoms with Crippen LogP contribution in [0.2, 0.25) is 19.6 Å². The smallest absolute Gasteiger partial charge is 0.250 e. The first kappa shape index (κ1) is 6.05. The molecule has 2 heteroatoms. The lowest BCUT2D eigenvalue weighted by Crippen LogP contribution is -2.21. The van der Waals surface area contributed by atoms with Gasteiger partial charge in [-0.25, -0.2) is 4.43 Å². The summed E-state index contributed by atoms with van der Waals surface area (Å²) in [5.74, 6) is 0. The molecular formula is C4H11OSi+. The summed E-state index contributed by atoms with van der Waals surface area (Å²) in [7, 11) is 2.08. The lowest BCUT2D eigenvalue weighted by Gasteiger charge is -2.02. The van der Waals surface area contributed by atoms with E-state index in [9.17, 15) is 0 Å². The Balaban J connectivity index is 3.17. The van der Waals surface area contributed by atoms with Crippen LogP contribution in [0.15, 0.2) is 0 Å². The third kappa shape index (κ3) is 4.05. The second kappa shape index (κ2) is 1.66. The van der Waals surface area contributed by atoms with Crippen LogP contribution in [0.5, 0.6) is 0 Å². The van der Waals surface area contributed by atoms with E-state index in [1.807, 2.05) is 0 Å². The van der Waals surface area contributed by atoms with Gasteiger partial charge in [0, 0.05) is 0 Å². The van der Waals surface area contributed by atoms with Gasteiger partial charge in [0.1, 0.15) is 0 Å². The van der Waals surface area contributed by atoms with Crippen molar-refractivity contribution in [3.63, 3.8) is 0 Å². The topological polar surface area (TPSA) is 9.23 Å². The highest BCUT2D eigenvalue weighted by molar-refractivity contribution is 6.69. The molecule has 0 aromatic carbocycles. The fraction of sp³-hybridized carbons (Fsp3) is 0.750. The van der Waals surface area contributed by atoms with Gasteiger partial charge >= 0.3 is 0 Å². The Morgan fingerprint density at radius 1 is 1.33 bits per heavy atom. The van der Waals surface area contributed by atoms with E-state index < -0.39 is 8.32 Å². The van der Waals surface area contributed by atoms with Crippen molar-refractivity contribution < 1.29 is 4.43 Å². The molecule has 0 aliphatic rings. The van der Waals surface area contributed by atoms with Gasteiger partial charge in [-0.15, -0.1) is 0 Å². The van der Waals surface area contributed by atoms with Crippen molar-refractivity contribution in [2.24, 2.45) is 0 Å². The van der Waals surface area contributed by atoms with Gasteiger partial charge in [0.2, 0.25) is 0 Å². The van der Waals surface area contributed by atoms with E-state index in [1.54, 1.807) is 0 Å². The van der Waals surface area contributed by atoms with Gasteiger partial charge in [0.15, 0.2) is 7.11 Å². The third-order valence-corrected chi connectivity index (χ3v) is 1.30. The highest BCUT2D eigenvalue weighted by atomic mass is 28.4. The van der Waals surface area contributed by atoms with Gasteiger partial charge in [0.25, 0.3) is 8.32 Å². The van der Waals surface area contributed by atoms with Crippen LogP contribution in [0.1, 0.15) is 0 Å². The molecule has 0 saturated heterocycles. The molecule has 36 valence electrons. The first-order chi connectivity index (χ1) is 2.56. The summed E-state index contributed by atoms with van der Waals surface area (Å²) >= 11 is 0. The Hall–Kier alpha value is 0.0469. The van der Waals surface area contributed by atoms with Crippen molar-refractivity contribution in [1.82, 2.24) is 0 Å². The molecule has 0 unspecified atom stereocenters. The van der Waals surface area contributed by atoms with E-state index >= 15 is 0 Å². The standard InChI is InChI=1S/C4H11OSi/c1-5-6(2,3)4/h1H2,2-4H3/q+1. The summed E-state index contributed by atoms with van der Waals surface area (Å²) in [5, 5.41) is 0. The first-order valence-corrected chi connectivity index (χ1v) is 5.40. The summed E-state index contributed by atoms with van der Waals surface area (Å²) in [5.41, 5.74) is 0. The van der Waals surface area contributed by atoms with Crippen LogP contribution in [-0.2, 0) is 4.43 Å². The van der Waals surface area contributed by atoms with Crippen molar-refractivity contribution in [2.45, 2.75) is 19.6 Å². The molecule has 0 radical (unpaired) electrons. The van der Waals surface area contributed by atoms with Crippen molar-refractivity contribution in [1.29, 1.82) is 0 Å². The molecule has 0 heterocycles. The van der Waals surface area contributed by atoms with Crippen molar-refractivity contribution in [3.8, 4) is 0 Å². The van der Waals surface area contributed by atoms with Crippen molar-refractivity contribution >= 4 is 8.32 Å². The van der Waals surface area contributed by atoms with E-state index in [4.69, 9.17) is 4.43 Å². The summed E-state index contributed by atoms with van der Waals surface area (Å²) in [4.78, 5) is 0. The van der Waals surface area contributed by atoms with Gasteiger partial charge in [-0.1, -0.05) is 0 Å². The average Bonchev–Trinajstić information content (AvgIpc) is 1.35. The molecule has 0 N–H and O–H groups in total. The number of hydrogen-bond acceptors (Lipinski definition) is 1. The molecule has 0 rings (SSSR count). The molecule has 0 atom stereocenters. The SMILES string of the molecule is [CH2+]O[Si](C)(C)C. The zero-order valence-electron chi connectivity index (χ0n) is 4.62. The fourth-order valence-corrected chi connectivity index (χ4v) is 0. The average molecular weight is 103 g/mol. The maximum Gasteiger partial charge on any atom is 0.252 e. The molecule has 0 spiro atoms. The minimum atomic E-state index is -1.24. The van der Waals surface area contributed by atoms with Crippen molar-refractivity contribution in [2.75, 3.05) is 0 Å². The molecule has 0 aliphatic heterocycles. The largest absolute Gasteiger partial charge is 0.252 e. The van der Waals surface area contributed by atoms with E-state index in [0.29, 0.717) is 0 Å². The zero-order valence-corrected chi connectivity index (χ0v) is 5.62. The molecule has 0 bridgehead atoms. The van der Waals surface area contributed by atoms with Crippen LogP contribution in [0.25, 0.3) is 0 Å². The van der Waals surface area contributed by atoms with Gasteiger partial charge in [-0.05, 0) is 19.6 Å². The molecular weight excluding hydrogens is 92.1 g/mol. The predicted octanol–water partition coefficient (Wildman–Crippen LogP) is 1.63. The summed E-state index contributed by atoms with van der Waals surface area (Å²) in [6, 6.07) is 0. The number of rotatable bonds is 1. The molecule has 1 nitrogen and oxygen atoms in total. The molecule has 6 heavy (non-hydrogen) atoms. The van der Waals surface area contributed by atoms with Crippen LogP contribution in [0.4, 0.5) is 0 Å². The lowest BCUT2D eigenvalue weighted by molar-refractivity contribution is 0.471. The van der Waals surface area contributed by atoms with Crippen LogP contribution in [0, 0.1) is 7.11 Å². The Labute approximate surface area is 40.5 Å². The molecule has 0 aromatic rings. The Morgan fingerprint density at radius 2 is 1.50 bits per heavy atom. The van der Waals surface area contributed by atoms with E-state index in [-0.39, 0.29) is 0 Å². The van der Waals surface area contributed by atoms with Crippen molar-refractivity contribution in [3.05, 3.63) is 7.11 Å². The highest BCUT2D eigenvalue weighted by Crippen LogP contribution is 1.98. The Bertz CT molecular complexity index is 37.3. The quantitative estimate of drug-likeness (QED) is 0.362. The molecule has 0 fully saturated rings. The third-order valence-electron chi connectivity index (χ3n) is 0.433. The van der Waals surface area contributed by atoms with Crippen LogP contribution in [-0.4, -0.2) is 8.32 Å². The van der Waals surface area contributed by atoms with Crippen LogP contribution in [0.3, 0.4) is 0 Å². The summed E-state index contributed by atoms with van der Waals surface area (Å²) < 4.78 is 4.83. The summed E-state index contributed by atoms with van der Waals surface area (Å²) in [6.45, 7) is 6.29. The normalized spacial score (nSPS) is 11.8. The molecule has 0 amide bonds. The zero-order chi connectivity index (χ0) is 5.21. The number of hydrogen-bond donors (Lipinski definition) is 0. The van der Waals surface area contributed by atoms with Gasteiger partial charge in [0.05, 0.1) is 0 Å². The monoisotopic (exact) mass is 103 g/mol. The minimum Gasteiger partial charge on any atom is -0.250 e. The second-order valence-electron chi connectivity index (χ2n) is 2.26. The lowest BCUT2D eigenvalue weighted by atomic mass is 11.8. The highest BCUT2D eigenvalue weighted by Gasteiger charge is 2.15. The molecule has 0 saturated carbocycles. The maximum atomic E-state index is 4.83. The van der Waals surface area contributed by atoms with E-state index in [1.165, 1.54) is 0 Å². The predicted molar refractivity (Wildman–Crippen MR) is 29.8 cm³/mol.